The molecule has 2 aromatic rings. The number of sulfonamides is 1. The highest BCUT2D eigenvalue weighted by Gasteiger charge is 2.18. The summed E-state index contributed by atoms with van der Waals surface area (Å²) in [6.45, 7) is 1.75. The van der Waals surface area contributed by atoms with E-state index in [1.54, 1.807) is 38.3 Å². The molecule has 1 unspecified atom stereocenters. The first-order chi connectivity index (χ1) is 9.92. The molecule has 112 valence electrons. The molecule has 0 fully saturated rings. The van der Waals surface area contributed by atoms with Crippen LogP contribution in [0.2, 0.25) is 0 Å². The summed E-state index contributed by atoms with van der Waals surface area (Å²) < 4.78 is 32.1. The van der Waals surface area contributed by atoms with Gasteiger partial charge >= 0.3 is 0 Å². The maximum atomic E-state index is 12.2. The van der Waals surface area contributed by atoms with Gasteiger partial charge in [0.15, 0.2) is 0 Å². The molecule has 0 bridgehead atoms. The number of phenolic OH excluding ortho intramolecular Hbond substituents is 1. The van der Waals surface area contributed by atoms with Crippen LogP contribution in [0.1, 0.15) is 18.5 Å². The standard InChI is InChI=1S/C15H17NO4S/c1-11(12-6-8-14(20-2)9-7-12)16-21(18,19)15-5-3-4-13(17)10-15/h3-11,16-17H,1-2H3. The summed E-state index contributed by atoms with van der Waals surface area (Å²) in [5, 5.41) is 9.38. The number of nitrogens with one attached hydrogen (secondary N) is 1. The minimum absolute atomic E-state index is 0.0304. The minimum Gasteiger partial charge on any atom is -0.508 e. The van der Waals surface area contributed by atoms with Gasteiger partial charge in [0.25, 0.3) is 0 Å². The van der Waals surface area contributed by atoms with Gasteiger partial charge in [-0.2, -0.15) is 0 Å². The maximum Gasteiger partial charge on any atom is 0.241 e. The maximum absolute atomic E-state index is 12.2. The van der Waals surface area contributed by atoms with Crippen LogP contribution in [0.15, 0.2) is 53.4 Å². The largest absolute Gasteiger partial charge is 0.508 e. The van der Waals surface area contributed by atoms with E-state index in [0.29, 0.717) is 5.75 Å². The molecule has 1 atom stereocenters. The summed E-state index contributed by atoms with van der Waals surface area (Å²) in [4.78, 5) is 0.0304. The molecule has 0 aliphatic rings. The molecule has 2 aromatic carbocycles. The van der Waals surface area contributed by atoms with E-state index in [-0.39, 0.29) is 10.6 Å². The van der Waals surface area contributed by atoms with Gasteiger partial charge in [-0.1, -0.05) is 18.2 Å². The van der Waals surface area contributed by atoms with Crippen LogP contribution >= 0.6 is 0 Å². The zero-order valence-electron chi connectivity index (χ0n) is 11.8. The summed E-state index contributed by atoms with van der Waals surface area (Å²) in [6.07, 6.45) is 0. The van der Waals surface area contributed by atoms with Crippen molar-refractivity contribution < 1.29 is 18.3 Å². The molecule has 0 radical (unpaired) electrons. The SMILES string of the molecule is COc1ccc(C(C)NS(=O)(=O)c2cccc(O)c2)cc1. The quantitative estimate of drug-likeness (QED) is 0.889. The van der Waals surface area contributed by atoms with Crippen LogP contribution in [0.3, 0.4) is 0 Å². The summed E-state index contributed by atoms with van der Waals surface area (Å²) >= 11 is 0. The van der Waals surface area contributed by atoms with Crippen LogP contribution < -0.4 is 9.46 Å². The zero-order chi connectivity index (χ0) is 15.5. The van der Waals surface area contributed by atoms with Gasteiger partial charge in [0.1, 0.15) is 11.5 Å². The molecular weight excluding hydrogens is 290 g/mol. The Balaban J connectivity index is 2.19. The van der Waals surface area contributed by atoms with Gasteiger partial charge in [-0.3, -0.25) is 0 Å². The topological polar surface area (TPSA) is 75.6 Å². The Morgan fingerprint density at radius 1 is 1.14 bits per heavy atom. The van der Waals surface area contributed by atoms with E-state index >= 15 is 0 Å². The van der Waals surface area contributed by atoms with E-state index in [9.17, 15) is 13.5 Å². The lowest BCUT2D eigenvalue weighted by Crippen LogP contribution is -2.26. The molecule has 0 heterocycles. The second-order valence-electron chi connectivity index (χ2n) is 4.61. The fourth-order valence-corrected chi connectivity index (χ4v) is 3.18. The van der Waals surface area contributed by atoms with Crippen LogP contribution in [0.25, 0.3) is 0 Å². The molecular formula is C15H17NO4S. The second kappa shape index (κ2) is 6.15. The number of ether oxygens (including phenoxy) is 1. The Bertz CT molecular complexity index is 711. The number of methoxy groups -OCH3 is 1. The molecule has 0 saturated heterocycles. The third kappa shape index (κ3) is 3.74. The Morgan fingerprint density at radius 3 is 2.38 bits per heavy atom. The van der Waals surface area contributed by atoms with Crippen molar-refractivity contribution in [3.63, 3.8) is 0 Å². The third-order valence-corrected chi connectivity index (χ3v) is 4.61. The molecule has 21 heavy (non-hydrogen) atoms. The monoisotopic (exact) mass is 307 g/mol. The summed E-state index contributed by atoms with van der Waals surface area (Å²) in [5.41, 5.74) is 0.819. The number of benzene rings is 2. The zero-order valence-corrected chi connectivity index (χ0v) is 12.6. The Hall–Kier alpha value is -2.05. The van der Waals surface area contributed by atoms with Crippen molar-refractivity contribution in [3.05, 3.63) is 54.1 Å². The molecule has 5 nitrogen and oxygen atoms in total. The van der Waals surface area contributed by atoms with Gasteiger partial charge < -0.3 is 9.84 Å². The molecule has 0 amide bonds. The minimum atomic E-state index is -3.69. The first kappa shape index (κ1) is 15.3. The first-order valence-corrected chi connectivity index (χ1v) is 7.86. The number of hydrogen-bond acceptors (Lipinski definition) is 4. The van der Waals surface area contributed by atoms with E-state index in [1.165, 1.54) is 24.3 Å². The number of phenols is 1. The van der Waals surface area contributed by atoms with Gasteiger partial charge in [0.2, 0.25) is 10.0 Å². The lowest BCUT2D eigenvalue weighted by Gasteiger charge is -2.15. The lowest BCUT2D eigenvalue weighted by atomic mass is 10.1. The molecule has 6 heteroatoms. The van der Waals surface area contributed by atoms with Crippen molar-refractivity contribution in [1.29, 1.82) is 0 Å². The number of aromatic hydroxyl groups is 1. The molecule has 0 aromatic heterocycles. The van der Waals surface area contributed by atoms with Crippen LogP contribution in [0.5, 0.6) is 11.5 Å². The van der Waals surface area contributed by atoms with Crippen molar-refractivity contribution >= 4 is 10.0 Å². The van der Waals surface area contributed by atoms with Gasteiger partial charge in [-0.15, -0.1) is 0 Å². The van der Waals surface area contributed by atoms with Crippen LogP contribution in [0, 0.1) is 0 Å². The van der Waals surface area contributed by atoms with Gasteiger partial charge in [-0.05, 0) is 42.8 Å². The average molecular weight is 307 g/mol. The third-order valence-electron chi connectivity index (χ3n) is 3.08. The van der Waals surface area contributed by atoms with E-state index in [2.05, 4.69) is 4.72 Å². The van der Waals surface area contributed by atoms with E-state index in [4.69, 9.17) is 4.74 Å². The van der Waals surface area contributed by atoms with E-state index in [1.807, 2.05) is 0 Å². The predicted octanol–water partition coefficient (Wildman–Crippen LogP) is 2.44. The predicted molar refractivity (Wildman–Crippen MR) is 79.8 cm³/mol. The second-order valence-corrected chi connectivity index (χ2v) is 6.33. The van der Waals surface area contributed by atoms with Gasteiger partial charge in [0, 0.05) is 6.04 Å². The average Bonchev–Trinajstić information content (AvgIpc) is 2.47. The highest BCUT2D eigenvalue weighted by molar-refractivity contribution is 7.89. The van der Waals surface area contributed by atoms with Crippen LogP contribution in [-0.4, -0.2) is 20.6 Å². The Kier molecular flexibility index (Phi) is 4.50. The molecule has 0 aliphatic heterocycles. The van der Waals surface area contributed by atoms with Crippen molar-refractivity contribution in [3.8, 4) is 11.5 Å². The van der Waals surface area contributed by atoms with Crippen molar-refractivity contribution in [2.75, 3.05) is 7.11 Å². The van der Waals surface area contributed by atoms with Crippen molar-refractivity contribution in [2.24, 2.45) is 0 Å². The van der Waals surface area contributed by atoms with Crippen molar-refractivity contribution in [2.45, 2.75) is 17.9 Å². The number of hydrogen-bond donors (Lipinski definition) is 2. The van der Waals surface area contributed by atoms with E-state index < -0.39 is 16.1 Å². The highest BCUT2D eigenvalue weighted by atomic mass is 32.2. The van der Waals surface area contributed by atoms with Crippen molar-refractivity contribution in [1.82, 2.24) is 4.72 Å². The van der Waals surface area contributed by atoms with Gasteiger partial charge in [-0.25, -0.2) is 13.1 Å². The molecule has 0 aliphatic carbocycles. The summed E-state index contributed by atoms with van der Waals surface area (Å²) in [7, 11) is -2.11. The smallest absolute Gasteiger partial charge is 0.241 e. The molecule has 0 saturated carbocycles. The molecule has 2 rings (SSSR count). The Morgan fingerprint density at radius 2 is 1.81 bits per heavy atom. The summed E-state index contributed by atoms with van der Waals surface area (Å²) in [5.74, 6) is 0.622. The fraction of sp³-hybridized carbons (Fsp3) is 0.200. The number of rotatable bonds is 5. The fourth-order valence-electron chi connectivity index (χ4n) is 1.91. The molecule has 2 N–H and O–H groups in total. The normalized spacial score (nSPS) is 12.9. The first-order valence-electron chi connectivity index (χ1n) is 6.37. The van der Waals surface area contributed by atoms with E-state index in [0.717, 1.165) is 5.56 Å². The van der Waals surface area contributed by atoms with Crippen LogP contribution in [-0.2, 0) is 10.0 Å². The lowest BCUT2D eigenvalue weighted by molar-refractivity contribution is 0.414. The van der Waals surface area contributed by atoms with Gasteiger partial charge in [0.05, 0.1) is 12.0 Å². The highest BCUT2D eigenvalue weighted by Crippen LogP contribution is 2.21. The molecule has 0 spiro atoms. The summed E-state index contributed by atoms with van der Waals surface area (Å²) in [6, 6.07) is 12.3. The van der Waals surface area contributed by atoms with Crippen LogP contribution in [0.4, 0.5) is 0 Å². The Labute approximate surface area is 124 Å².